The lowest BCUT2D eigenvalue weighted by molar-refractivity contribution is -0.147. The van der Waals surface area contributed by atoms with E-state index in [9.17, 15) is 9.59 Å². The highest BCUT2D eigenvalue weighted by molar-refractivity contribution is 5.98. The number of fused-ring (bicyclic) bond motifs is 1. The van der Waals surface area contributed by atoms with E-state index < -0.39 is 0 Å². The van der Waals surface area contributed by atoms with Crippen LogP contribution in [0.4, 0.5) is 5.69 Å². The number of esters is 1. The summed E-state index contributed by atoms with van der Waals surface area (Å²) in [6, 6.07) is -0.113. The van der Waals surface area contributed by atoms with Gasteiger partial charge in [-0.1, -0.05) is 0 Å². The topological polar surface area (TPSA) is 124 Å². The minimum Gasteiger partial charge on any atom is -0.466 e. The van der Waals surface area contributed by atoms with Crippen molar-refractivity contribution in [2.24, 2.45) is 0 Å². The van der Waals surface area contributed by atoms with Crippen LogP contribution in [-0.2, 0) is 16.1 Å². The summed E-state index contributed by atoms with van der Waals surface area (Å²) >= 11 is 0. The van der Waals surface area contributed by atoms with Crippen molar-refractivity contribution in [1.82, 2.24) is 25.1 Å². The Kier molecular flexibility index (Phi) is 5.39. The molecule has 3 aromatic heterocycles. The number of anilines is 1. The Morgan fingerprint density at radius 2 is 2.20 bits per heavy atom. The molecule has 1 fully saturated rings. The van der Waals surface area contributed by atoms with Gasteiger partial charge in [0.05, 0.1) is 35.9 Å². The van der Waals surface area contributed by atoms with Gasteiger partial charge in [0, 0.05) is 31.2 Å². The van der Waals surface area contributed by atoms with Crippen LogP contribution in [0.5, 0.6) is 0 Å². The number of aryl methyl sites for hydroxylation is 1. The Balaban J connectivity index is 1.74. The van der Waals surface area contributed by atoms with E-state index in [1.807, 2.05) is 20.8 Å². The Morgan fingerprint density at radius 1 is 1.37 bits per heavy atom. The number of rotatable bonds is 6. The maximum Gasteiger partial charge on any atom is 0.307 e. The van der Waals surface area contributed by atoms with E-state index in [2.05, 4.69) is 25.7 Å². The molecular weight excluding hydrogens is 388 g/mol. The van der Waals surface area contributed by atoms with E-state index in [-0.39, 0.29) is 42.0 Å². The zero-order chi connectivity index (χ0) is 21.3. The molecule has 0 spiro atoms. The molecular formula is C20H24N6O4. The van der Waals surface area contributed by atoms with Gasteiger partial charge in [0.15, 0.2) is 11.3 Å². The number of amides is 1. The highest BCUT2D eigenvalue weighted by Crippen LogP contribution is 2.34. The van der Waals surface area contributed by atoms with Crippen LogP contribution in [0.25, 0.3) is 22.5 Å². The lowest BCUT2D eigenvalue weighted by Crippen LogP contribution is -2.31. The van der Waals surface area contributed by atoms with Crippen LogP contribution in [0, 0.1) is 0 Å². The van der Waals surface area contributed by atoms with E-state index in [0.29, 0.717) is 30.8 Å². The molecule has 0 bridgehead atoms. The molecule has 2 N–H and O–H groups in total. The molecule has 3 aromatic rings. The van der Waals surface area contributed by atoms with Crippen molar-refractivity contribution in [2.75, 3.05) is 11.9 Å². The molecule has 10 nitrogen and oxygen atoms in total. The number of nitrogens with one attached hydrogen (secondary N) is 2. The summed E-state index contributed by atoms with van der Waals surface area (Å²) in [6.45, 7) is 6.77. The number of pyridine rings is 1. The molecule has 1 unspecified atom stereocenters. The molecule has 1 aliphatic heterocycles. The van der Waals surface area contributed by atoms with Crippen LogP contribution in [0.1, 0.15) is 44.1 Å². The van der Waals surface area contributed by atoms with Crippen LogP contribution in [0.3, 0.4) is 0 Å². The van der Waals surface area contributed by atoms with Gasteiger partial charge in [-0.3, -0.25) is 9.59 Å². The quantitative estimate of drug-likeness (QED) is 0.591. The number of nitrogens with zero attached hydrogens (tertiary/aromatic N) is 4. The minimum atomic E-state index is -0.308. The third-order valence-electron chi connectivity index (χ3n) is 4.84. The summed E-state index contributed by atoms with van der Waals surface area (Å²) in [7, 11) is 0. The van der Waals surface area contributed by atoms with Crippen LogP contribution >= 0.6 is 0 Å². The van der Waals surface area contributed by atoms with Gasteiger partial charge in [-0.25, -0.2) is 14.6 Å². The second-order valence-corrected chi connectivity index (χ2v) is 7.47. The first-order valence-electron chi connectivity index (χ1n) is 9.99. The number of cyclic esters (lactones) is 1. The first-order valence-corrected chi connectivity index (χ1v) is 9.99. The number of oxazole rings is 1. The second kappa shape index (κ2) is 8.13. The molecule has 1 aliphatic rings. The van der Waals surface area contributed by atoms with E-state index in [1.54, 1.807) is 17.1 Å². The Hall–Kier alpha value is -3.43. The first kappa shape index (κ1) is 19.9. The van der Waals surface area contributed by atoms with Gasteiger partial charge in [-0.05, 0) is 20.8 Å². The monoisotopic (exact) mass is 412 g/mol. The second-order valence-electron chi connectivity index (χ2n) is 7.47. The van der Waals surface area contributed by atoms with E-state index in [4.69, 9.17) is 9.15 Å². The molecule has 0 saturated carbocycles. The fraction of sp³-hybridized carbons (Fsp3) is 0.450. The standard InChI is InChI=1S/C20H24N6O4/c1-4-26-18-13(9-22-26)17(24-12-5-6-29-16(27)7-12)14(8-21-18)20-25-15(10-30-20)19(28)23-11(2)3/h8-12H,4-7H2,1-3H3,(H,21,24)(H,23,28). The molecule has 158 valence electrons. The van der Waals surface area contributed by atoms with Crippen molar-refractivity contribution < 1.29 is 18.7 Å². The smallest absolute Gasteiger partial charge is 0.307 e. The highest BCUT2D eigenvalue weighted by Gasteiger charge is 2.25. The Morgan fingerprint density at radius 3 is 2.93 bits per heavy atom. The molecule has 0 aromatic carbocycles. The van der Waals surface area contributed by atoms with Gasteiger partial charge >= 0.3 is 5.97 Å². The lowest BCUT2D eigenvalue weighted by atomic mass is 10.1. The van der Waals surface area contributed by atoms with E-state index in [0.717, 1.165) is 11.1 Å². The third kappa shape index (κ3) is 3.85. The molecule has 0 aliphatic carbocycles. The van der Waals surface area contributed by atoms with Gasteiger partial charge in [-0.15, -0.1) is 0 Å². The summed E-state index contributed by atoms with van der Waals surface area (Å²) in [5.74, 6) is -0.278. The van der Waals surface area contributed by atoms with Gasteiger partial charge < -0.3 is 19.8 Å². The van der Waals surface area contributed by atoms with Crippen molar-refractivity contribution >= 4 is 28.6 Å². The molecule has 10 heteroatoms. The van der Waals surface area contributed by atoms with Crippen LogP contribution in [0.15, 0.2) is 23.1 Å². The number of aromatic nitrogens is 4. The number of carbonyl (C=O) groups excluding carboxylic acids is 2. The van der Waals surface area contributed by atoms with E-state index >= 15 is 0 Å². The van der Waals surface area contributed by atoms with Crippen LogP contribution < -0.4 is 10.6 Å². The zero-order valence-corrected chi connectivity index (χ0v) is 17.1. The number of hydrogen-bond acceptors (Lipinski definition) is 8. The van der Waals surface area contributed by atoms with Crippen molar-refractivity contribution in [2.45, 2.75) is 52.2 Å². The maximum atomic E-state index is 12.3. The SMILES string of the molecule is CCn1ncc2c(NC3CCOC(=O)C3)c(-c3nc(C(=O)NC(C)C)co3)cnc21. The molecule has 0 radical (unpaired) electrons. The average Bonchev–Trinajstić information content (AvgIpc) is 3.35. The Labute approximate surface area is 173 Å². The van der Waals surface area contributed by atoms with E-state index in [1.165, 1.54) is 6.26 Å². The predicted octanol–water partition coefficient (Wildman–Crippen LogP) is 2.36. The summed E-state index contributed by atoms with van der Waals surface area (Å²) in [4.78, 5) is 32.9. The molecule has 4 heterocycles. The molecule has 1 saturated heterocycles. The minimum absolute atomic E-state index is 0.0150. The van der Waals surface area contributed by atoms with Crippen molar-refractivity contribution in [3.63, 3.8) is 0 Å². The summed E-state index contributed by atoms with van der Waals surface area (Å²) in [5, 5.41) is 11.4. The molecule has 4 rings (SSSR count). The van der Waals surface area contributed by atoms with Gasteiger partial charge in [0.25, 0.3) is 5.91 Å². The number of carbonyl (C=O) groups is 2. The third-order valence-corrected chi connectivity index (χ3v) is 4.84. The molecule has 30 heavy (non-hydrogen) atoms. The molecule has 1 atom stereocenters. The summed E-state index contributed by atoms with van der Waals surface area (Å²) in [5.41, 5.74) is 2.22. The summed E-state index contributed by atoms with van der Waals surface area (Å²) < 4.78 is 12.5. The normalized spacial score (nSPS) is 16.7. The van der Waals surface area contributed by atoms with Crippen LogP contribution in [-0.4, -0.2) is 50.3 Å². The largest absolute Gasteiger partial charge is 0.466 e. The maximum absolute atomic E-state index is 12.3. The predicted molar refractivity (Wildman–Crippen MR) is 109 cm³/mol. The fourth-order valence-electron chi connectivity index (χ4n) is 3.42. The number of hydrogen-bond donors (Lipinski definition) is 2. The van der Waals surface area contributed by atoms with Gasteiger partial charge in [0.1, 0.15) is 6.26 Å². The van der Waals surface area contributed by atoms with Crippen molar-refractivity contribution in [3.8, 4) is 11.5 Å². The Bertz CT molecular complexity index is 1090. The fourth-order valence-corrected chi connectivity index (χ4v) is 3.42. The average molecular weight is 412 g/mol. The zero-order valence-electron chi connectivity index (χ0n) is 17.1. The lowest BCUT2D eigenvalue weighted by Gasteiger charge is -2.24. The first-order chi connectivity index (χ1) is 14.5. The van der Waals surface area contributed by atoms with Gasteiger partial charge in [0.2, 0.25) is 5.89 Å². The molecule has 1 amide bonds. The van der Waals surface area contributed by atoms with Gasteiger partial charge in [-0.2, -0.15) is 5.10 Å². The summed E-state index contributed by atoms with van der Waals surface area (Å²) in [6.07, 6.45) is 5.65. The van der Waals surface area contributed by atoms with Crippen molar-refractivity contribution in [3.05, 3.63) is 24.4 Å². The highest BCUT2D eigenvalue weighted by atomic mass is 16.5. The van der Waals surface area contributed by atoms with Crippen LogP contribution in [0.2, 0.25) is 0 Å². The van der Waals surface area contributed by atoms with Crippen molar-refractivity contribution in [1.29, 1.82) is 0 Å². The number of ether oxygens (including phenoxy) is 1.